The van der Waals surface area contributed by atoms with Gasteiger partial charge in [-0.3, -0.25) is 14.9 Å². The van der Waals surface area contributed by atoms with E-state index in [2.05, 4.69) is 11.9 Å². The van der Waals surface area contributed by atoms with Crippen molar-refractivity contribution in [3.05, 3.63) is 12.2 Å². The van der Waals surface area contributed by atoms with Gasteiger partial charge in [0, 0.05) is 26.3 Å². The number of hydrogen-bond acceptors (Lipinski definition) is 5. The minimum absolute atomic E-state index is 0.252. The van der Waals surface area contributed by atoms with Crippen LogP contribution < -0.4 is 5.32 Å². The molecule has 3 amide bonds. The standard InChI is InChI=1S/C14H24N2O5/c1-5-20-9-7-16(8-10-21-6-2)14(19)15-13(18)11(3)12(4)17/h3,5-10H2,1-2,4H3,(H,15,18,19). The van der Waals surface area contributed by atoms with E-state index in [0.29, 0.717) is 39.5 Å². The molecule has 7 heteroatoms. The number of nitrogens with one attached hydrogen (secondary N) is 1. The molecule has 0 heterocycles. The summed E-state index contributed by atoms with van der Waals surface area (Å²) >= 11 is 0. The molecule has 0 aliphatic carbocycles. The topological polar surface area (TPSA) is 84.9 Å². The highest BCUT2D eigenvalue weighted by Gasteiger charge is 2.19. The Labute approximate surface area is 125 Å². The van der Waals surface area contributed by atoms with Gasteiger partial charge in [0.2, 0.25) is 0 Å². The molecule has 0 aromatic rings. The van der Waals surface area contributed by atoms with Gasteiger partial charge in [-0.15, -0.1) is 0 Å². The van der Waals surface area contributed by atoms with Crippen LogP contribution in [0.5, 0.6) is 0 Å². The molecule has 0 fully saturated rings. The Hall–Kier alpha value is -1.73. The normalized spacial score (nSPS) is 10.0. The predicted octanol–water partition coefficient (Wildman–Crippen LogP) is 0.743. The van der Waals surface area contributed by atoms with E-state index in [0.717, 1.165) is 0 Å². The third-order valence-corrected chi connectivity index (χ3v) is 2.63. The zero-order valence-corrected chi connectivity index (χ0v) is 12.9. The summed E-state index contributed by atoms with van der Waals surface area (Å²) in [4.78, 5) is 36.0. The Kier molecular flexibility index (Phi) is 10.1. The van der Waals surface area contributed by atoms with Gasteiger partial charge in [-0.25, -0.2) is 4.79 Å². The lowest BCUT2D eigenvalue weighted by Crippen LogP contribution is -2.46. The molecule has 0 unspecified atom stereocenters. The molecule has 0 radical (unpaired) electrons. The summed E-state index contributed by atoms with van der Waals surface area (Å²) in [5.41, 5.74) is -0.252. The van der Waals surface area contributed by atoms with E-state index >= 15 is 0 Å². The van der Waals surface area contributed by atoms with Crippen LogP contribution in [0.2, 0.25) is 0 Å². The number of carbonyl (C=O) groups is 3. The van der Waals surface area contributed by atoms with Gasteiger partial charge in [-0.2, -0.15) is 0 Å². The summed E-state index contributed by atoms with van der Waals surface area (Å²) in [6.45, 7) is 10.7. The highest BCUT2D eigenvalue weighted by molar-refractivity contribution is 6.20. The van der Waals surface area contributed by atoms with Crippen molar-refractivity contribution in [2.45, 2.75) is 20.8 Å². The van der Waals surface area contributed by atoms with Gasteiger partial charge in [-0.1, -0.05) is 6.58 Å². The summed E-state index contributed by atoms with van der Waals surface area (Å²) in [5, 5.41) is 2.13. The molecule has 0 atom stereocenters. The summed E-state index contributed by atoms with van der Waals surface area (Å²) < 4.78 is 10.4. The van der Waals surface area contributed by atoms with Crippen molar-refractivity contribution >= 4 is 17.7 Å². The van der Waals surface area contributed by atoms with Gasteiger partial charge in [0.25, 0.3) is 5.91 Å². The zero-order chi connectivity index (χ0) is 16.3. The van der Waals surface area contributed by atoms with E-state index in [9.17, 15) is 14.4 Å². The molecule has 0 aliphatic rings. The Morgan fingerprint density at radius 1 is 1.05 bits per heavy atom. The lowest BCUT2D eigenvalue weighted by atomic mass is 10.2. The lowest BCUT2D eigenvalue weighted by Gasteiger charge is -2.22. The fraction of sp³-hybridized carbons (Fsp3) is 0.643. The van der Waals surface area contributed by atoms with Crippen LogP contribution >= 0.6 is 0 Å². The maximum atomic E-state index is 12.0. The van der Waals surface area contributed by atoms with E-state index in [4.69, 9.17) is 9.47 Å². The molecule has 0 aliphatic heterocycles. The minimum Gasteiger partial charge on any atom is -0.380 e. The van der Waals surface area contributed by atoms with E-state index in [1.54, 1.807) is 0 Å². The van der Waals surface area contributed by atoms with Gasteiger partial charge in [0.05, 0.1) is 18.8 Å². The smallest absolute Gasteiger partial charge is 0.324 e. The molecule has 0 saturated heterocycles. The molecule has 0 aromatic heterocycles. The minimum atomic E-state index is -0.787. The van der Waals surface area contributed by atoms with Crippen molar-refractivity contribution in [2.75, 3.05) is 39.5 Å². The molecule has 0 aromatic carbocycles. The maximum Gasteiger partial charge on any atom is 0.324 e. The quantitative estimate of drug-likeness (QED) is 0.278. The average Bonchev–Trinajstić information content (AvgIpc) is 2.44. The fourth-order valence-electron chi connectivity index (χ4n) is 1.36. The summed E-state index contributed by atoms with van der Waals surface area (Å²) in [6.07, 6.45) is 0. The van der Waals surface area contributed by atoms with E-state index in [1.165, 1.54) is 11.8 Å². The lowest BCUT2D eigenvalue weighted by molar-refractivity contribution is -0.121. The third kappa shape index (κ3) is 8.21. The van der Waals surface area contributed by atoms with E-state index in [1.807, 2.05) is 13.8 Å². The Balaban J connectivity index is 4.50. The number of Topliss-reactive ketones (excluding diaryl/α,β-unsaturated/α-hetero) is 1. The Morgan fingerprint density at radius 3 is 1.90 bits per heavy atom. The van der Waals surface area contributed by atoms with Gasteiger partial charge < -0.3 is 14.4 Å². The molecule has 0 saturated carbocycles. The van der Waals surface area contributed by atoms with Crippen molar-refractivity contribution in [3.63, 3.8) is 0 Å². The number of amides is 3. The van der Waals surface area contributed by atoms with Gasteiger partial charge >= 0.3 is 6.03 Å². The van der Waals surface area contributed by atoms with Crippen molar-refractivity contribution < 1.29 is 23.9 Å². The number of hydrogen-bond donors (Lipinski definition) is 1. The zero-order valence-electron chi connectivity index (χ0n) is 12.9. The highest BCUT2D eigenvalue weighted by atomic mass is 16.5. The van der Waals surface area contributed by atoms with Gasteiger partial charge in [0.1, 0.15) is 0 Å². The molecule has 120 valence electrons. The molecule has 0 bridgehead atoms. The number of rotatable bonds is 10. The average molecular weight is 300 g/mol. The van der Waals surface area contributed by atoms with E-state index in [-0.39, 0.29) is 5.57 Å². The molecule has 21 heavy (non-hydrogen) atoms. The SMILES string of the molecule is C=C(C(C)=O)C(=O)NC(=O)N(CCOCC)CCOCC. The summed E-state index contributed by atoms with van der Waals surface area (Å²) in [7, 11) is 0. The second kappa shape index (κ2) is 11.0. The molecular formula is C14H24N2O5. The highest BCUT2D eigenvalue weighted by Crippen LogP contribution is 1.96. The Morgan fingerprint density at radius 2 is 1.52 bits per heavy atom. The van der Waals surface area contributed by atoms with Crippen LogP contribution in [0.4, 0.5) is 4.79 Å². The van der Waals surface area contributed by atoms with Crippen molar-refractivity contribution in [2.24, 2.45) is 0 Å². The van der Waals surface area contributed by atoms with Crippen molar-refractivity contribution in [1.82, 2.24) is 10.2 Å². The largest absolute Gasteiger partial charge is 0.380 e. The van der Waals surface area contributed by atoms with Gasteiger partial charge in [-0.05, 0) is 20.8 Å². The van der Waals surface area contributed by atoms with Crippen LogP contribution in [0.15, 0.2) is 12.2 Å². The van der Waals surface area contributed by atoms with E-state index < -0.39 is 17.7 Å². The van der Waals surface area contributed by atoms with Crippen molar-refractivity contribution in [1.29, 1.82) is 0 Å². The molecule has 7 nitrogen and oxygen atoms in total. The first-order chi connectivity index (χ1) is 9.93. The number of urea groups is 1. The monoisotopic (exact) mass is 300 g/mol. The number of nitrogens with zero attached hydrogens (tertiary/aromatic N) is 1. The van der Waals surface area contributed by atoms with Gasteiger partial charge in [0.15, 0.2) is 5.78 Å². The molecular weight excluding hydrogens is 276 g/mol. The first-order valence-corrected chi connectivity index (χ1v) is 6.89. The first-order valence-electron chi connectivity index (χ1n) is 6.89. The molecule has 0 rings (SSSR count). The van der Waals surface area contributed by atoms with Crippen LogP contribution in [0, 0.1) is 0 Å². The number of ether oxygens (including phenoxy) is 2. The number of imide groups is 1. The van der Waals surface area contributed by atoms with Crippen molar-refractivity contribution in [3.8, 4) is 0 Å². The molecule has 1 N–H and O–H groups in total. The second-order valence-electron chi connectivity index (χ2n) is 4.17. The summed E-state index contributed by atoms with van der Waals surface area (Å²) in [5.74, 6) is -1.26. The predicted molar refractivity (Wildman–Crippen MR) is 77.9 cm³/mol. The second-order valence-corrected chi connectivity index (χ2v) is 4.17. The Bertz CT molecular complexity index is 372. The number of carbonyl (C=O) groups excluding carboxylic acids is 3. The fourth-order valence-corrected chi connectivity index (χ4v) is 1.36. The first kappa shape index (κ1) is 19.3. The third-order valence-electron chi connectivity index (χ3n) is 2.63. The summed E-state index contributed by atoms with van der Waals surface area (Å²) in [6, 6.07) is -0.596. The molecule has 0 spiro atoms. The van der Waals surface area contributed by atoms with Crippen LogP contribution in [0.1, 0.15) is 20.8 Å². The van der Waals surface area contributed by atoms with Crippen LogP contribution in [0.3, 0.4) is 0 Å². The van der Waals surface area contributed by atoms with Crippen LogP contribution in [-0.4, -0.2) is 62.1 Å². The van der Waals surface area contributed by atoms with Crippen LogP contribution in [0.25, 0.3) is 0 Å². The maximum absolute atomic E-state index is 12.0. The van der Waals surface area contributed by atoms with Crippen LogP contribution in [-0.2, 0) is 19.1 Å². The number of ketones is 1.